The van der Waals surface area contributed by atoms with Crippen LogP contribution < -0.4 is 10.1 Å². The van der Waals surface area contributed by atoms with Crippen molar-refractivity contribution in [2.24, 2.45) is 0 Å². The minimum atomic E-state index is -0.353. The van der Waals surface area contributed by atoms with Crippen LogP contribution in [0.3, 0.4) is 0 Å². The molecule has 0 bridgehead atoms. The standard InChI is InChI=1S/C22H18N4O3S/c1-29-15-3-5-17-16(10-15)14(11-23-17)6-7-26-12-24-18-4-2-13(8-19(18)26)9-20-21(27)25-22(28)30-20/h2-5,8-12,23H,6-7H2,1H3,(H,25,27,28). The van der Waals surface area contributed by atoms with Crippen molar-refractivity contribution in [2.75, 3.05) is 7.11 Å². The van der Waals surface area contributed by atoms with E-state index in [1.807, 2.05) is 48.9 Å². The number of carbonyl (C=O) groups excluding carboxylic acids is 2. The number of nitrogens with one attached hydrogen (secondary N) is 2. The Kier molecular flexibility index (Phi) is 4.55. The number of rotatable bonds is 5. The molecule has 1 aliphatic rings. The molecule has 0 unspecified atom stereocenters. The number of nitrogens with zero attached hydrogens (tertiary/aromatic N) is 2. The van der Waals surface area contributed by atoms with Crippen LogP contribution in [0, 0.1) is 0 Å². The Morgan fingerprint density at radius 3 is 2.90 bits per heavy atom. The highest BCUT2D eigenvalue weighted by Crippen LogP contribution is 2.27. The zero-order valence-electron chi connectivity index (χ0n) is 16.1. The number of H-pyrrole nitrogens is 1. The molecule has 8 heteroatoms. The molecule has 0 saturated carbocycles. The number of benzene rings is 2. The Morgan fingerprint density at radius 2 is 2.10 bits per heavy atom. The van der Waals surface area contributed by atoms with Gasteiger partial charge in [-0.25, -0.2) is 4.98 Å². The van der Waals surface area contributed by atoms with E-state index in [2.05, 4.69) is 19.9 Å². The van der Waals surface area contributed by atoms with Crippen molar-refractivity contribution in [3.63, 3.8) is 0 Å². The Hall–Kier alpha value is -3.52. The van der Waals surface area contributed by atoms with Crippen LogP contribution in [0.15, 0.2) is 53.8 Å². The number of aromatic nitrogens is 3. The summed E-state index contributed by atoms with van der Waals surface area (Å²) in [6.07, 6.45) is 6.42. The maximum absolute atomic E-state index is 11.8. The van der Waals surface area contributed by atoms with E-state index in [-0.39, 0.29) is 11.1 Å². The van der Waals surface area contributed by atoms with Gasteiger partial charge < -0.3 is 14.3 Å². The average molecular weight is 418 g/mol. The van der Waals surface area contributed by atoms with Crippen molar-refractivity contribution >= 4 is 50.9 Å². The molecule has 0 radical (unpaired) electrons. The number of imide groups is 1. The molecule has 2 amide bonds. The molecule has 1 aliphatic heterocycles. The summed E-state index contributed by atoms with van der Waals surface area (Å²) in [7, 11) is 1.67. The highest BCUT2D eigenvalue weighted by atomic mass is 32.2. The number of aromatic amines is 1. The summed E-state index contributed by atoms with van der Waals surface area (Å²) >= 11 is 0.918. The minimum Gasteiger partial charge on any atom is -0.497 e. The lowest BCUT2D eigenvalue weighted by molar-refractivity contribution is -0.115. The van der Waals surface area contributed by atoms with Crippen LogP contribution in [0.25, 0.3) is 28.0 Å². The van der Waals surface area contributed by atoms with Crippen LogP contribution in [0.2, 0.25) is 0 Å². The van der Waals surface area contributed by atoms with Crippen molar-refractivity contribution in [2.45, 2.75) is 13.0 Å². The van der Waals surface area contributed by atoms with E-state index >= 15 is 0 Å². The van der Waals surface area contributed by atoms with Gasteiger partial charge in [0.2, 0.25) is 0 Å². The van der Waals surface area contributed by atoms with Gasteiger partial charge in [0, 0.05) is 23.6 Å². The molecular weight excluding hydrogens is 400 g/mol. The molecule has 0 spiro atoms. The fraction of sp³-hybridized carbons (Fsp3) is 0.136. The summed E-state index contributed by atoms with van der Waals surface area (Å²) in [6, 6.07) is 11.8. The highest BCUT2D eigenvalue weighted by Gasteiger charge is 2.25. The van der Waals surface area contributed by atoms with Crippen molar-refractivity contribution in [3.8, 4) is 5.75 Å². The van der Waals surface area contributed by atoms with Crippen LogP contribution in [-0.4, -0.2) is 32.8 Å². The van der Waals surface area contributed by atoms with Crippen LogP contribution in [0.4, 0.5) is 4.79 Å². The first-order valence-electron chi connectivity index (χ1n) is 9.44. The summed E-state index contributed by atoms with van der Waals surface area (Å²) in [5.74, 6) is 0.481. The number of methoxy groups -OCH3 is 1. The van der Waals surface area contributed by atoms with Gasteiger partial charge in [0.1, 0.15) is 5.75 Å². The molecule has 2 N–H and O–H groups in total. The van der Waals surface area contributed by atoms with Crippen LogP contribution in [0.5, 0.6) is 5.75 Å². The summed E-state index contributed by atoms with van der Waals surface area (Å²) in [4.78, 5) is 31.4. The summed E-state index contributed by atoms with van der Waals surface area (Å²) < 4.78 is 7.45. The highest BCUT2D eigenvalue weighted by molar-refractivity contribution is 8.18. The summed E-state index contributed by atoms with van der Waals surface area (Å²) in [6.45, 7) is 0.758. The molecule has 7 nitrogen and oxygen atoms in total. The van der Waals surface area contributed by atoms with Gasteiger partial charge in [-0.05, 0) is 65.7 Å². The van der Waals surface area contributed by atoms with Gasteiger partial charge in [-0.15, -0.1) is 0 Å². The second-order valence-electron chi connectivity index (χ2n) is 7.01. The predicted octanol–water partition coefficient (Wildman–Crippen LogP) is 4.09. The molecule has 150 valence electrons. The lowest BCUT2D eigenvalue weighted by atomic mass is 10.1. The maximum atomic E-state index is 11.8. The Balaban J connectivity index is 1.42. The van der Waals surface area contributed by atoms with E-state index in [0.29, 0.717) is 4.91 Å². The first-order chi connectivity index (χ1) is 14.6. The van der Waals surface area contributed by atoms with Gasteiger partial charge >= 0.3 is 0 Å². The largest absolute Gasteiger partial charge is 0.497 e. The van der Waals surface area contributed by atoms with Gasteiger partial charge in [0.25, 0.3) is 11.1 Å². The quantitative estimate of drug-likeness (QED) is 0.477. The van der Waals surface area contributed by atoms with Crippen LogP contribution in [0.1, 0.15) is 11.1 Å². The van der Waals surface area contributed by atoms with Gasteiger partial charge in [-0.2, -0.15) is 0 Å². The number of ether oxygens (including phenoxy) is 1. The van der Waals surface area contributed by atoms with Crippen molar-refractivity contribution in [1.82, 2.24) is 19.9 Å². The number of imidazole rings is 1. The topological polar surface area (TPSA) is 89.0 Å². The van der Waals surface area contributed by atoms with Crippen molar-refractivity contribution in [3.05, 3.63) is 65.0 Å². The lowest BCUT2D eigenvalue weighted by Crippen LogP contribution is -2.17. The van der Waals surface area contributed by atoms with E-state index in [1.54, 1.807) is 13.2 Å². The minimum absolute atomic E-state index is 0.340. The fourth-order valence-electron chi connectivity index (χ4n) is 3.65. The number of thioether (sulfide) groups is 1. The fourth-order valence-corrected chi connectivity index (χ4v) is 4.33. The second-order valence-corrected chi connectivity index (χ2v) is 8.03. The third-order valence-corrected chi connectivity index (χ3v) is 5.99. The number of fused-ring (bicyclic) bond motifs is 2. The number of hydrogen-bond donors (Lipinski definition) is 2. The van der Waals surface area contributed by atoms with Crippen molar-refractivity contribution < 1.29 is 14.3 Å². The smallest absolute Gasteiger partial charge is 0.290 e. The molecule has 2 aromatic heterocycles. The molecule has 4 aromatic rings. The molecule has 1 saturated heterocycles. The lowest BCUT2D eigenvalue weighted by Gasteiger charge is -2.06. The first-order valence-corrected chi connectivity index (χ1v) is 10.3. The molecule has 1 fully saturated rings. The number of carbonyl (C=O) groups is 2. The van der Waals surface area contributed by atoms with Crippen LogP contribution in [-0.2, 0) is 17.8 Å². The zero-order chi connectivity index (χ0) is 20.7. The summed E-state index contributed by atoms with van der Waals surface area (Å²) in [5.41, 5.74) is 5.01. The molecular formula is C22H18N4O3S. The van der Waals surface area contributed by atoms with Gasteiger partial charge in [-0.3, -0.25) is 14.9 Å². The van der Waals surface area contributed by atoms with Crippen LogP contribution >= 0.6 is 11.8 Å². The maximum Gasteiger partial charge on any atom is 0.290 e. The summed E-state index contributed by atoms with van der Waals surface area (Å²) in [5, 5.41) is 3.09. The third kappa shape index (κ3) is 3.35. The first kappa shape index (κ1) is 18.5. The van der Waals surface area contributed by atoms with E-state index in [9.17, 15) is 9.59 Å². The van der Waals surface area contributed by atoms with Gasteiger partial charge in [0.05, 0.1) is 29.4 Å². The Morgan fingerprint density at radius 1 is 1.20 bits per heavy atom. The Labute approximate surface area is 176 Å². The SMILES string of the molecule is COc1ccc2[nH]cc(CCn3cnc4ccc(C=C5SC(=O)NC5=O)cc43)c2c1. The molecule has 5 rings (SSSR count). The van der Waals surface area contributed by atoms with E-state index in [1.165, 1.54) is 5.56 Å². The van der Waals surface area contributed by atoms with E-state index in [0.717, 1.165) is 58.0 Å². The number of amides is 2. The van der Waals surface area contributed by atoms with Crippen molar-refractivity contribution in [1.29, 1.82) is 0 Å². The van der Waals surface area contributed by atoms with Gasteiger partial charge in [-0.1, -0.05) is 6.07 Å². The zero-order valence-corrected chi connectivity index (χ0v) is 17.0. The normalized spacial score (nSPS) is 15.4. The van der Waals surface area contributed by atoms with E-state index < -0.39 is 0 Å². The molecule has 0 aliphatic carbocycles. The average Bonchev–Trinajstić information content (AvgIpc) is 3.43. The predicted molar refractivity (Wildman–Crippen MR) is 117 cm³/mol. The van der Waals surface area contributed by atoms with Gasteiger partial charge in [0.15, 0.2) is 0 Å². The third-order valence-electron chi connectivity index (χ3n) is 5.18. The molecule has 30 heavy (non-hydrogen) atoms. The molecule has 2 aromatic carbocycles. The molecule has 0 atom stereocenters. The molecule has 3 heterocycles. The number of aryl methyl sites for hydroxylation is 2. The number of hydrogen-bond acceptors (Lipinski definition) is 5. The Bertz CT molecular complexity index is 1330. The monoisotopic (exact) mass is 418 g/mol. The van der Waals surface area contributed by atoms with E-state index in [4.69, 9.17) is 4.74 Å². The second kappa shape index (κ2) is 7.38.